The van der Waals surface area contributed by atoms with Crippen molar-refractivity contribution in [3.8, 4) is 0 Å². The van der Waals surface area contributed by atoms with E-state index in [9.17, 15) is 4.79 Å². The summed E-state index contributed by atoms with van der Waals surface area (Å²) in [5.41, 5.74) is 9.48. The molecule has 0 unspecified atom stereocenters. The number of carbonyl (C=O) groups is 1. The van der Waals surface area contributed by atoms with Crippen LogP contribution in [0.25, 0.3) is 21.3 Å². The van der Waals surface area contributed by atoms with Crippen molar-refractivity contribution in [1.82, 2.24) is 14.8 Å². The Morgan fingerprint density at radius 1 is 1.62 bits per heavy atom. The van der Waals surface area contributed by atoms with E-state index < -0.39 is 0 Å². The summed E-state index contributed by atoms with van der Waals surface area (Å²) in [6.45, 7) is 1.62. The van der Waals surface area contributed by atoms with Crippen molar-refractivity contribution in [1.29, 1.82) is 0 Å². The van der Waals surface area contributed by atoms with Crippen molar-refractivity contribution in [3.63, 3.8) is 0 Å². The van der Waals surface area contributed by atoms with Crippen LogP contribution in [0.2, 0.25) is 0 Å². The standard InChI is InChI=1S/C9H8N6O/c1-6(16)15-9-5-11-8(4-12-14-10)2-7(9)3-13-15/h2-3,5H,4H2,1H3. The molecule has 0 radical (unpaired) electrons. The van der Waals surface area contributed by atoms with Gasteiger partial charge in [-0.25, -0.2) is 0 Å². The van der Waals surface area contributed by atoms with Crippen molar-refractivity contribution >= 4 is 16.8 Å². The molecule has 0 aliphatic heterocycles. The highest BCUT2D eigenvalue weighted by atomic mass is 16.2. The molecular weight excluding hydrogens is 208 g/mol. The molecule has 2 rings (SSSR count). The summed E-state index contributed by atoms with van der Waals surface area (Å²) in [7, 11) is 0. The molecule has 80 valence electrons. The maximum absolute atomic E-state index is 11.2. The van der Waals surface area contributed by atoms with Crippen LogP contribution in [-0.2, 0) is 6.54 Å². The van der Waals surface area contributed by atoms with E-state index in [0.717, 1.165) is 5.39 Å². The first kappa shape index (κ1) is 10.1. The first-order chi connectivity index (χ1) is 7.72. The summed E-state index contributed by atoms with van der Waals surface area (Å²) in [4.78, 5) is 17.9. The van der Waals surface area contributed by atoms with Crippen molar-refractivity contribution in [2.45, 2.75) is 13.5 Å². The Morgan fingerprint density at radius 3 is 3.12 bits per heavy atom. The summed E-state index contributed by atoms with van der Waals surface area (Å²) in [6.07, 6.45) is 3.13. The van der Waals surface area contributed by atoms with Gasteiger partial charge in [0.05, 0.1) is 24.5 Å². The van der Waals surface area contributed by atoms with E-state index in [1.165, 1.54) is 11.6 Å². The molecule has 0 saturated carbocycles. The van der Waals surface area contributed by atoms with E-state index in [1.54, 1.807) is 18.5 Å². The summed E-state index contributed by atoms with van der Waals surface area (Å²) < 4.78 is 1.28. The summed E-state index contributed by atoms with van der Waals surface area (Å²) in [6, 6.07) is 1.75. The SMILES string of the molecule is CC(=O)n1ncc2cc(CN=[N+]=[N-])ncc21. The third-order valence-electron chi connectivity index (χ3n) is 2.11. The van der Waals surface area contributed by atoms with Gasteiger partial charge in [-0.15, -0.1) is 0 Å². The number of fused-ring (bicyclic) bond motifs is 1. The van der Waals surface area contributed by atoms with Gasteiger partial charge >= 0.3 is 0 Å². The zero-order valence-electron chi connectivity index (χ0n) is 8.53. The van der Waals surface area contributed by atoms with Crippen LogP contribution in [0.3, 0.4) is 0 Å². The highest BCUT2D eigenvalue weighted by Crippen LogP contribution is 2.14. The summed E-state index contributed by atoms with van der Waals surface area (Å²) in [5, 5.41) is 8.15. The minimum atomic E-state index is -0.167. The number of azide groups is 1. The lowest BCUT2D eigenvalue weighted by molar-refractivity contribution is 0.0926. The Balaban J connectivity index is 2.48. The van der Waals surface area contributed by atoms with E-state index in [-0.39, 0.29) is 12.5 Å². The van der Waals surface area contributed by atoms with E-state index in [1.807, 2.05) is 0 Å². The van der Waals surface area contributed by atoms with Crippen LogP contribution in [0.1, 0.15) is 17.4 Å². The van der Waals surface area contributed by atoms with Gasteiger partial charge in [-0.05, 0) is 11.6 Å². The Kier molecular flexibility index (Phi) is 2.53. The predicted octanol–water partition coefficient (Wildman–Crippen LogP) is 1.90. The second-order valence-corrected chi connectivity index (χ2v) is 3.20. The molecule has 0 aromatic carbocycles. The molecule has 16 heavy (non-hydrogen) atoms. The van der Waals surface area contributed by atoms with Gasteiger partial charge in [0, 0.05) is 22.9 Å². The Hall–Kier alpha value is -2.40. The molecule has 0 amide bonds. The van der Waals surface area contributed by atoms with Gasteiger partial charge in [0.25, 0.3) is 0 Å². The quantitative estimate of drug-likeness (QED) is 0.435. The fourth-order valence-electron chi connectivity index (χ4n) is 1.41. The molecule has 0 atom stereocenters. The average molecular weight is 216 g/mol. The largest absolute Gasteiger partial charge is 0.273 e. The molecule has 0 aliphatic carbocycles. The average Bonchev–Trinajstić information content (AvgIpc) is 2.69. The third kappa shape index (κ3) is 1.71. The zero-order valence-corrected chi connectivity index (χ0v) is 8.53. The number of rotatable bonds is 2. The Morgan fingerprint density at radius 2 is 2.44 bits per heavy atom. The van der Waals surface area contributed by atoms with Crippen LogP contribution in [0, 0.1) is 0 Å². The lowest BCUT2D eigenvalue weighted by atomic mass is 10.2. The van der Waals surface area contributed by atoms with Crippen LogP contribution in [0.15, 0.2) is 23.6 Å². The number of pyridine rings is 1. The molecule has 2 aromatic rings. The minimum Gasteiger partial charge on any atom is -0.273 e. The maximum atomic E-state index is 11.2. The van der Waals surface area contributed by atoms with Gasteiger partial charge in [-0.1, -0.05) is 5.11 Å². The van der Waals surface area contributed by atoms with Crippen LogP contribution in [0.5, 0.6) is 0 Å². The van der Waals surface area contributed by atoms with Gasteiger partial charge in [0.1, 0.15) is 0 Å². The van der Waals surface area contributed by atoms with Crippen molar-refractivity contribution in [3.05, 3.63) is 34.6 Å². The van der Waals surface area contributed by atoms with E-state index in [0.29, 0.717) is 11.2 Å². The van der Waals surface area contributed by atoms with Crippen LogP contribution >= 0.6 is 0 Å². The Bertz CT molecular complexity index is 595. The fraction of sp³-hybridized carbons (Fsp3) is 0.222. The van der Waals surface area contributed by atoms with E-state index in [4.69, 9.17) is 5.53 Å². The summed E-state index contributed by atoms with van der Waals surface area (Å²) in [5.74, 6) is -0.167. The normalized spacial score (nSPS) is 10.1. The number of carbonyl (C=O) groups excluding carboxylic acids is 1. The van der Waals surface area contributed by atoms with Crippen molar-refractivity contribution < 1.29 is 4.79 Å². The lowest BCUT2D eigenvalue weighted by Gasteiger charge is -1.98. The highest BCUT2D eigenvalue weighted by molar-refractivity contribution is 5.89. The number of aromatic nitrogens is 3. The minimum absolute atomic E-state index is 0.167. The van der Waals surface area contributed by atoms with Crippen molar-refractivity contribution in [2.24, 2.45) is 5.11 Å². The smallest absolute Gasteiger partial charge is 0.244 e. The summed E-state index contributed by atoms with van der Waals surface area (Å²) >= 11 is 0. The van der Waals surface area contributed by atoms with Gasteiger partial charge in [-0.3, -0.25) is 9.78 Å². The van der Waals surface area contributed by atoms with Crippen molar-refractivity contribution in [2.75, 3.05) is 0 Å². The number of nitrogens with zero attached hydrogens (tertiary/aromatic N) is 6. The molecule has 0 aliphatic rings. The number of hydrogen-bond donors (Lipinski definition) is 0. The predicted molar refractivity (Wildman–Crippen MR) is 56.7 cm³/mol. The zero-order chi connectivity index (χ0) is 11.5. The molecule has 2 aromatic heterocycles. The molecule has 0 saturated heterocycles. The van der Waals surface area contributed by atoms with E-state index >= 15 is 0 Å². The molecule has 0 fully saturated rings. The van der Waals surface area contributed by atoms with Crippen LogP contribution < -0.4 is 0 Å². The topological polar surface area (TPSA) is 96.5 Å². The monoisotopic (exact) mass is 216 g/mol. The molecule has 0 N–H and O–H groups in total. The molecule has 0 spiro atoms. The van der Waals surface area contributed by atoms with Gasteiger partial charge < -0.3 is 0 Å². The molecule has 7 heteroatoms. The van der Waals surface area contributed by atoms with Crippen LogP contribution in [-0.4, -0.2) is 20.7 Å². The van der Waals surface area contributed by atoms with E-state index in [2.05, 4.69) is 20.1 Å². The molecule has 2 heterocycles. The first-order valence-corrected chi connectivity index (χ1v) is 4.57. The highest BCUT2D eigenvalue weighted by Gasteiger charge is 2.06. The van der Waals surface area contributed by atoms with Crippen LogP contribution in [0.4, 0.5) is 0 Å². The number of hydrogen-bond acceptors (Lipinski definition) is 4. The Labute approximate surface area is 90.3 Å². The maximum Gasteiger partial charge on any atom is 0.244 e. The molecule has 0 bridgehead atoms. The van der Waals surface area contributed by atoms with Gasteiger partial charge in [0.2, 0.25) is 5.91 Å². The lowest BCUT2D eigenvalue weighted by Crippen LogP contribution is -2.06. The second kappa shape index (κ2) is 4.00. The third-order valence-corrected chi connectivity index (χ3v) is 2.11. The first-order valence-electron chi connectivity index (χ1n) is 4.57. The molecular formula is C9H8N6O. The fourth-order valence-corrected chi connectivity index (χ4v) is 1.41. The molecule has 7 nitrogen and oxygen atoms in total. The van der Waals surface area contributed by atoms with Gasteiger partial charge in [-0.2, -0.15) is 9.78 Å². The second-order valence-electron chi connectivity index (χ2n) is 3.20. The van der Waals surface area contributed by atoms with Gasteiger partial charge in [0.15, 0.2) is 0 Å².